The van der Waals surface area contributed by atoms with Gasteiger partial charge in [0.05, 0.1) is 10.6 Å². The first-order chi connectivity index (χ1) is 8.06. The van der Waals surface area contributed by atoms with Gasteiger partial charge in [0.25, 0.3) is 0 Å². The Bertz CT molecular complexity index is 422. The van der Waals surface area contributed by atoms with Crippen molar-refractivity contribution in [3.05, 3.63) is 24.3 Å². The number of aliphatic hydroxyl groups is 1. The summed E-state index contributed by atoms with van der Waals surface area (Å²) in [5.74, 6) is 0.176. The third kappa shape index (κ3) is 4.75. The molecular weight excluding hydrogens is 240 g/mol. The molecule has 0 heterocycles. The highest BCUT2D eigenvalue weighted by Crippen LogP contribution is 2.17. The lowest BCUT2D eigenvalue weighted by Gasteiger charge is -2.04. The molecule has 0 unspecified atom stereocenters. The van der Waals surface area contributed by atoms with E-state index in [1.165, 1.54) is 24.3 Å². The number of phenolic OH excluding ortho intramolecular Hbond substituents is 1. The lowest BCUT2D eigenvalue weighted by atomic mass is 10.2. The van der Waals surface area contributed by atoms with E-state index in [-0.39, 0.29) is 23.0 Å². The SMILES string of the molecule is O=S(=O)(CCCCCCO)c1ccc(O)cc1. The second-order valence-electron chi connectivity index (χ2n) is 3.95. The average Bonchev–Trinajstić information content (AvgIpc) is 2.29. The maximum atomic E-state index is 11.8. The summed E-state index contributed by atoms with van der Waals surface area (Å²) >= 11 is 0. The van der Waals surface area contributed by atoms with Gasteiger partial charge in [0.15, 0.2) is 9.84 Å². The number of aromatic hydroxyl groups is 1. The van der Waals surface area contributed by atoms with Crippen molar-refractivity contribution in [2.75, 3.05) is 12.4 Å². The van der Waals surface area contributed by atoms with E-state index < -0.39 is 9.84 Å². The number of unbranched alkanes of at least 4 members (excludes halogenated alkanes) is 3. The molecule has 0 aliphatic heterocycles. The largest absolute Gasteiger partial charge is 0.508 e. The predicted molar refractivity (Wildman–Crippen MR) is 65.7 cm³/mol. The smallest absolute Gasteiger partial charge is 0.178 e. The number of aliphatic hydroxyl groups excluding tert-OH is 1. The summed E-state index contributed by atoms with van der Waals surface area (Å²) in [5.41, 5.74) is 0. The molecule has 4 nitrogen and oxygen atoms in total. The van der Waals surface area contributed by atoms with Crippen LogP contribution in [0.25, 0.3) is 0 Å². The van der Waals surface area contributed by atoms with Gasteiger partial charge in [-0.3, -0.25) is 0 Å². The highest BCUT2D eigenvalue weighted by molar-refractivity contribution is 7.91. The van der Waals surface area contributed by atoms with Crippen LogP contribution in [-0.2, 0) is 9.84 Å². The standard InChI is InChI=1S/C12H18O4S/c13-9-3-1-2-4-10-17(15,16)12-7-5-11(14)6-8-12/h5-8,13-14H,1-4,9-10H2. The first kappa shape index (κ1) is 14.0. The van der Waals surface area contributed by atoms with Crippen LogP contribution in [0, 0.1) is 0 Å². The molecule has 0 saturated carbocycles. The minimum Gasteiger partial charge on any atom is -0.508 e. The molecule has 0 aliphatic carbocycles. The molecule has 0 atom stereocenters. The highest BCUT2D eigenvalue weighted by Gasteiger charge is 2.13. The van der Waals surface area contributed by atoms with Crippen LogP contribution in [0.1, 0.15) is 25.7 Å². The molecule has 1 aromatic rings. The van der Waals surface area contributed by atoms with Crippen molar-refractivity contribution >= 4 is 9.84 Å². The van der Waals surface area contributed by atoms with Gasteiger partial charge in [-0.1, -0.05) is 12.8 Å². The first-order valence-electron chi connectivity index (χ1n) is 5.69. The quantitative estimate of drug-likeness (QED) is 0.730. The molecule has 0 aliphatic rings. The topological polar surface area (TPSA) is 74.6 Å². The van der Waals surface area contributed by atoms with E-state index >= 15 is 0 Å². The van der Waals surface area contributed by atoms with Crippen LogP contribution < -0.4 is 0 Å². The van der Waals surface area contributed by atoms with Gasteiger partial charge in [0, 0.05) is 6.61 Å². The lowest BCUT2D eigenvalue weighted by Crippen LogP contribution is -2.06. The zero-order chi connectivity index (χ0) is 12.7. The van der Waals surface area contributed by atoms with Crippen LogP contribution in [0.2, 0.25) is 0 Å². The molecule has 0 bridgehead atoms. The summed E-state index contributed by atoms with van der Waals surface area (Å²) in [5, 5.41) is 17.7. The fourth-order valence-corrected chi connectivity index (χ4v) is 2.90. The van der Waals surface area contributed by atoms with E-state index in [1.54, 1.807) is 0 Å². The van der Waals surface area contributed by atoms with Crippen LogP contribution in [0.5, 0.6) is 5.75 Å². The molecule has 0 spiro atoms. The molecule has 17 heavy (non-hydrogen) atoms. The Morgan fingerprint density at radius 1 is 0.941 bits per heavy atom. The first-order valence-corrected chi connectivity index (χ1v) is 7.34. The van der Waals surface area contributed by atoms with Crippen LogP contribution in [0.15, 0.2) is 29.2 Å². The number of hydrogen-bond acceptors (Lipinski definition) is 4. The molecule has 0 saturated heterocycles. The van der Waals surface area contributed by atoms with E-state index in [2.05, 4.69) is 0 Å². The molecule has 0 fully saturated rings. The van der Waals surface area contributed by atoms with Crippen LogP contribution >= 0.6 is 0 Å². The van der Waals surface area contributed by atoms with Gasteiger partial charge in [-0.05, 0) is 37.1 Å². The molecule has 5 heteroatoms. The molecule has 2 N–H and O–H groups in total. The summed E-state index contributed by atoms with van der Waals surface area (Å²) < 4.78 is 23.7. The van der Waals surface area contributed by atoms with Crippen molar-refractivity contribution in [3.63, 3.8) is 0 Å². The predicted octanol–water partition coefficient (Wildman–Crippen LogP) is 1.72. The third-order valence-electron chi connectivity index (χ3n) is 2.52. The average molecular weight is 258 g/mol. The Hall–Kier alpha value is -1.07. The van der Waals surface area contributed by atoms with Gasteiger partial charge in [-0.2, -0.15) is 0 Å². The van der Waals surface area contributed by atoms with Crippen molar-refractivity contribution < 1.29 is 18.6 Å². The molecule has 1 aromatic carbocycles. The monoisotopic (exact) mass is 258 g/mol. The van der Waals surface area contributed by atoms with Crippen molar-refractivity contribution in [2.24, 2.45) is 0 Å². The van der Waals surface area contributed by atoms with Crippen molar-refractivity contribution in [1.82, 2.24) is 0 Å². The molecular formula is C12H18O4S. The Morgan fingerprint density at radius 2 is 1.53 bits per heavy atom. The van der Waals surface area contributed by atoms with Gasteiger partial charge >= 0.3 is 0 Å². The van der Waals surface area contributed by atoms with E-state index in [9.17, 15) is 8.42 Å². The van der Waals surface area contributed by atoms with Crippen LogP contribution in [-0.4, -0.2) is 31.0 Å². The van der Waals surface area contributed by atoms with Crippen molar-refractivity contribution in [1.29, 1.82) is 0 Å². The van der Waals surface area contributed by atoms with E-state index in [0.29, 0.717) is 6.42 Å². The Balaban J connectivity index is 2.48. The maximum Gasteiger partial charge on any atom is 0.178 e. The summed E-state index contributed by atoms with van der Waals surface area (Å²) in [7, 11) is -3.24. The second-order valence-corrected chi connectivity index (χ2v) is 6.06. The van der Waals surface area contributed by atoms with E-state index in [1.807, 2.05) is 0 Å². The van der Waals surface area contributed by atoms with Gasteiger partial charge in [0.2, 0.25) is 0 Å². The van der Waals surface area contributed by atoms with Crippen LogP contribution in [0.4, 0.5) is 0 Å². The minimum atomic E-state index is -3.24. The number of phenols is 1. The van der Waals surface area contributed by atoms with Gasteiger partial charge < -0.3 is 10.2 Å². The molecule has 0 radical (unpaired) electrons. The maximum absolute atomic E-state index is 11.8. The fourth-order valence-electron chi connectivity index (χ4n) is 1.53. The number of hydrogen-bond donors (Lipinski definition) is 2. The van der Waals surface area contributed by atoms with E-state index in [0.717, 1.165) is 19.3 Å². The number of rotatable bonds is 7. The molecule has 1 rings (SSSR count). The third-order valence-corrected chi connectivity index (χ3v) is 4.33. The second kappa shape index (κ2) is 6.61. The summed E-state index contributed by atoms with van der Waals surface area (Å²) in [6.07, 6.45) is 2.97. The zero-order valence-corrected chi connectivity index (χ0v) is 10.5. The Morgan fingerprint density at radius 3 is 2.12 bits per heavy atom. The molecule has 0 aromatic heterocycles. The molecule has 0 amide bonds. The van der Waals surface area contributed by atoms with Gasteiger partial charge in [-0.25, -0.2) is 8.42 Å². The van der Waals surface area contributed by atoms with Crippen LogP contribution in [0.3, 0.4) is 0 Å². The summed E-state index contributed by atoms with van der Waals surface area (Å²) in [6, 6.07) is 5.58. The van der Waals surface area contributed by atoms with Gasteiger partial charge in [-0.15, -0.1) is 0 Å². The van der Waals surface area contributed by atoms with Gasteiger partial charge in [0.1, 0.15) is 5.75 Å². The highest BCUT2D eigenvalue weighted by atomic mass is 32.2. The normalized spacial score (nSPS) is 11.6. The zero-order valence-electron chi connectivity index (χ0n) is 9.67. The fraction of sp³-hybridized carbons (Fsp3) is 0.500. The van der Waals surface area contributed by atoms with Crippen molar-refractivity contribution in [3.8, 4) is 5.75 Å². The molecule has 96 valence electrons. The number of sulfone groups is 1. The summed E-state index contributed by atoms with van der Waals surface area (Å²) in [6.45, 7) is 0.157. The van der Waals surface area contributed by atoms with Crippen molar-refractivity contribution in [2.45, 2.75) is 30.6 Å². The summed E-state index contributed by atoms with van der Waals surface area (Å²) in [4.78, 5) is 0.248. The Kier molecular flexibility index (Phi) is 5.44. The Labute approximate surface area is 102 Å². The number of benzene rings is 1. The van der Waals surface area contributed by atoms with E-state index in [4.69, 9.17) is 10.2 Å². The minimum absolute atomic E-state index is 0.0619. The lowest BCUT2D eigenvalue weighted by molar-refractivity contribution is 0.283.